The van der Waals surface area contributed by atoms with Crippen LogP contribution in [0.1, 0.15) is 16.7 Å². The van der Waals surface area contributed by atoms with Crippen molar-refractivity contribution >= 4 is 15.9 Å². The van der Waals surface area contributed by atoms with Crippen LogP contribution in [0.4, 0.5) is 4.39 Å². The van der Waals surface area contributed by atoms with Crippen LogP contribution in [-0.4, -0.2) is 38.0 Å². The molecule has 0 aliphatic carbocycles. The van der Waals surface area contributed by atoms with Crippen molar-refractivity contribution in [1.29, 1.82) is 0 Å². The normalized spacial score (nSPS) is 11.5. The van der Waals surface area contributed by atoms with E-state index in [1.54, 1.807) is 12.1 Å². The van der Waals surface area contributed by atoms with Crippen LogP contribution < -0.4 is 5.32 Å². The van der Waals surface area contributed by atoms with Crippen LogP contribution in [0, 0.1) is 12.7 Å². The summed E-state index contributed by atoms with van der Waals surface area (Å²) in [4.78, 5) is 12.0. The minimum Gasteiger partial charge on any atom is -0.354 e. The number of carbonyl (C=O) groups excluding carboxylic acids is 1. The molecule has 0 bridgehead atoms. The summed E-state index contributed by atoms with van der Waals surface area (Å²) in [6.07, 6.45) is 1.36. The van der Waals surface area contributed by atoms with E-state index in [9.17, 15) is 17.6 Å². The standard InChI is InChI=1S/C19H23FN2O3S/c1-15-3-5-16(6-4-15)13-19(23)21-11-12-22(26(2,24)25)14-17-7-9-18(20)10-8-17/h3-10H,11-14H2,1-2H3,(H,21,23). The van der Waals surface area contributed by atoms with Crippen LogP contribution >= 0.6 is 0 Å². The third-order valence-electron chi connectivity index (χ3n) is 3.91. The summed E-state index contributed by atoms with van der Waals surface area (Å²) in [7, 11) is -3.45. The lowest BCUT2D eigenvalue weighted by molar-refractivity contribution is -0.120. The van der Waals surface area contributed by atoms with Gasteiger partial charge in [-0.15, -0.1) is 0 Å². The van der Waals surface area contributed by atoms with E-state index in [0.29, 0.717) is 5.56 Å². The van der Waals surface area contributed by atoms with Crippen molar-refractivity contribution in [2.75, 3.05) is 19.3 Å². The van der Waals surface area contributed by atoms with Crippen LogP contribution in [0.5, 0.6) is 0 Å². The Hall–Kier alpha value is -2.25. The molecule has 0 aliphatic heterocycles. The Bertz CT molecular complexity index is 834. The smallest absolute Gasteiger partial charge is 0.224 e. The van der Waals surface area contributed by atoms with Crippen molar-refractivity contribution in [2.45, 2.75) is 19.9 Å². The zero-order valence-electron chi connectivity index (χ0n) is 14.9. The van der Waals surface area contributed by atoms with Gasteiger partial charge in [0.15, 0.2) is 0 Å². The van der Waals surface area contributed by atoms with E-state index >= 15 is 0 Å². The minimum atomic E-state index is -3.45. The van der Waals surface area contributed by atoms with Crippen LogP contribution in [0.3, 0.4) is 0 Å². The van der Waals surface area contributed by atoms with E-state index in [-0.39, 0.29) is 37.8 Å². The van der Waals surface area contributed by atoms with E-state index in [0.717, 1.165) is 17.4 Å². The largest absolute Gasteiger partial charge is 0.354 e. The maximum atomic E-state index is 13.0. The average Bonchev–Trinajstić information content (AvgIpc) is 2.57. The quantitative estimate of drug-likeness (QED) is 0.766. The van der Waals surface area contributed by atoms with Gasteiger partial charge in [-0.25, -0.2) is 12.8 Å². The summed E-state index contributed by atoms with van der Waals surface area (Å²) in [6.45, 7) is 2.46. The molecule has 0 heterocycles. The highest BCUT2D eigenvalue weighted by Gasteiger charge is 2.17. The molecule has 1 amide bonds. The number of rotatable bonds is 8. The van der Waals surface area contributed by atoms with E-state index in [1.165, 1.54) is 16.4 Å². The molecule has 0 fully saturated rings. The summed E-state index contributed by atoms with van der Waals surface area (Å²) in [5.41, 5.74) is 2.71. The fourth-order valence-electron chi connectivity index (χ4n) is 2.43. The molecule has 2 aromatic rings. The summed E-state index contributed by atoms with van der Waals surface area (Å²) in [5.74, 6) is -0.535. The summed E-state index contributed by atoms with van der Waals surface area (Å²) in [6, 6.07) is 13.3. The number of halogens is 1. The van der Waals surface area contributed by atoms with E-state index in [1.807, 2.05) is 31.2 Å². The number of nitrogens with zero attached hydrogens (tertiary/aromatic N) is 1. The van der Waals surface area contributed by atoms with Gasteiger partial charge in [0.25, 0.3) is 0 Å². The molecular formula is C19H23FN2O3S. The number of hydrogen-bond donors (Lipinski definition) is 1. The first-order valence-corrected chi connectivity index (χ1v) is 10.1. The Balaban J connectivity index is 1.87. The van der Waals surface area contributed by atoms with Gasteiger partial charge < -0.3 is 5.32 Å². The number of sulfonamides is 1. The topological polar surface area (TPSA) is 66.5 Å². The van der Waals surface area contributed by atoms with Crippen molar-refractivity contribution < 1.29 is 17.6 Å². The zero-order valence-corrected chi connectivity index (χ0v) is 15.7. The van der Waals surface area contributed by atoms with Gasteiger partial charge in [0.05, 0.1) is 12.7 Å². The maximum absolute atomic E-state index is 13.0. The minimum absolute atomic E-state index is 0.132. The Morgan fingerprint density at radius 1 is 1.04 bits per heavy atom. The van der Waals surface area contributed by atoms with Gasteiger partial charge >= 0.3 is 0 Å². The van der Waals surface area contributed by atoms with Gasteiger partial charge in [-0.3, -0.25) is 4.79 Å². The van der Waals surface area contributed by atoms with Gasteiger partial charge in [0, 0.05) is 19.6 Å². The maximum Gasteiger partial charge on any atom is 0.224 e. The molecule has 2 aromatic carbocycles. The molecule has 1 N–H and O–H groups in total. The van der Waals surface area contributed by atoms with E-state index in [2.05, 4.69) is 5.32 Å². The predicted octanol–water partition coefficient (Wildman–Crippen LogP) is 2.25. The number of benzene rings is 2. The second-order valence-corrected chi connectivity index (χ2v) is 8.22. The van der Waals surface area contributed by atoms with Crippen LogP contribution in [0.15, 0.2) is 48.5 Å². The van der Waals surface area contributed by atoms with Gasteiger partial charge in [0.1, 0.15) is 5.82 Å². The van der Waals surface area contributed by atoms with Crippen molar-refractivity contribution in [3.8, 4) is 0 Å². The second-order valence-electron chi connectivity index (χ2n) is 6.24. The van der Waals surface area contributed by atoms with Gasteiger partial charge in [-0.05, 0) is 30.2 Å². The first-order valence-electron chi connectivity index (χ1n) is 8.26. The summed E-state index contributed by atoms with van der Waals surface area (Å²) < 4.78 is 38.1. The molecule has 5 nitrogen and oxygen atoms in total. The Morgan fingerprint density at radius 3 is 2.19 bits per heavy atom. The van der Waals surface area contributed by atoms with Crippen molar-refractivity contribution in [3.05, 3.63) is 71.0 Å². The number of amides is 1. The van der Waals surface area contributed by atoms with E-state index < -0.39 is 10.0 Å². The van der Waals surface area contributed by atoms with Crippen molar-refractivity contribution in [3.63, 3.8) is 0 Å². The van der Waals surface area contributed by atoms with Gasteiger partial charge in [-0.2, -0.15) is 4.31 Å². The molecule has 26 heavy (non-hydrogen) atoms. The van der Waals surface area contributed by atoms with Crippen LogP contribution in [0.2, 0.25) is 0 Å². The molecule has 2 rings (SSSR count). The monoisotopic (exact) mass is 378 g/mol. The fraction of sp³-hybridized carbons (Fsp3) is 0.316. The molecule has 0 saturated heterocycles. The SMILES string of the molecule is Cc1ccc(CC(=O)NCCN(Cc2ccc(F)cc2)S(C)(=O)=O)cc1. The Kier molecular flexibility index (Phi) is 6.88. The molecule has 0 atom stereocenters. The Labute approximate surface area is 153 Å². The van der Waals surface area contributed by atoms with Crippen molar-refractivity contribution in [2.24, 2.45) is 0 Å². The van der Waals surface area contributed by atoms with Crippen molar-refractivity contribution in [1.82, 2.24) is 9.62 Å². The number of carbonyl (C=O) groups is 1. The Morgan fingerprint density at radius 2 is 1.62 bits per heavy atom. The zero-order chi connectivity index (χ0) is 19.2. The lowest BCUT2D eigenvalue weighted by Gasteiger charge is -2.20. The highest BCUT2D eigenvalue weighted by atomic mass is 32.2. The molecular weight excluding hydrogens is 355 g/mol. The average molecular weight is 378 g/mol. The number of aryl methyl sites for hydroxylation is 1. The first kappa shape index (κ1) is 20.1. The lowest BCUT2D eigenvalue weighted by atomic mass is 10.1. The molecule has 140 valence electrons. The molecule has 0 unspecified atom stereocenters. The highest BCUT2D eigenvalue weighted by molar-refractivity contribution is 7.88. The van der Waals surface area contributed by atoms with Crippen LogP contribution in [-0.2, 0) is 27.8 Å². The number of hydrogen-bond acceptors (Lipinski definition) is 3. The fourth-order valence-corrected chi connectivity index (χ4v) is 3.24. The first-order chi connectivity index (χ1) is 12.2. The predicted molar refractivity (Wildman–Crippen MR) is 99.5 cm³/mol. The highest BCUT2D eigenvalue weighted by Crippen LogP contribution is 2.09. The molecule has 0 radical (unpaired) electrons. The third-order valence-corrected chi connectivity index (χ3v) is 5.16. The van der Waals surface area contributed by atoms with Gasteiger partial charge in [0.2, 0.25) is 15.9 Å². The second kappa shape index (κ2) is 8.91. The molecule has 0 spiro atoms. The molecule has 0 aliphatic rings. The molecule has 0 aromatic heterocycles. The van der Waals surface area contributed by atoms with E-state index in [4.69, 9.17) is 0 Å². The summed E-state index contributed by atoms with van der Waals surface area (Å²) in [5, 5.41) is 2.74. The summed E-state index contributed by atoms with van der Waals surface area (Å²) >= 11 is 0. The number of nitrogens with one attached hydrogen (secondary N) is 1. The third kappa shape index (κ3) is 6.57. The van der Waals surface area contributed by atoms with Gasteiger partial charge in [-0.1, -0.05) is 42.0 Å². The molecule has 0 saturated carbocycles. The lowest BCUT2D eigenvalue weighted by Crippen LogP contribution is -2.38. The molecule has 7 heteroatoms. The van der Waals surface area contributed by atoms with Crippen LogP contribution in [0.25, 0.3) is 0 Å².